The van der Waals surface area contributed by atoms with E-state index in [1.54, 1.807) is 0 Å². The largest absolute Gasteiger partial charge is 0.366 e. The summed E-state index contributed by atoms with van der Waals surface area (Å²) in [6, 6.07) is 8.99. The Kier molecular flexibility index (Phi) is 6.29. The van der Waals surface area contributed by atoms with Crippen molar-refractivity contribution in [3.05, 3.63) is 35.4 Å². The van der Waals surface area contributed by atoms with Gasteiger partial charge in [0.2, 0.25) is 0 Å². The smallest absolute Gasteiger partial charge is 0.253 e. The molecule has 0 bridgehead atoms. The van der Waals surface area contributed by atoms with Crippen LogP contribution in [0.1, 0.15) is 50.8 Å². The zero-order chi connectivity index (χ0) is 16.4. The molecule has 3 rings (SSSR count). The van der Waals surface area contributed by atoms with E-state index in [1.165, 1.54) is 11.1 Å². The van der Waals surface area contributed by atoms with Crippen LogP contribution in [0.2, 0.25) is 0 Å². The summed E-state index contributed by atoms with van der Waals surface area (Å²) < 4.78 is 5.65. The van der Waals surface area contributed by atoms with Gasteiger partial charge >= 0.3 is 0 Å². The molecule has 4 nitrogen and oxygen atoms in total. The van der Waals surface area contributed by atoms with Crippen molar-refractivity contribution in [2.45, 2.75) is 51.2 Å². The summed E-state index contributed by atoms with van der Waals surface area (Å²) in [7, 11) is 0. The van der Waals surface area contributed by atoms with E-state index in [0.29, 0.717) is 13.2 Å². The fourth-order valence-corrected chi connectivity index (χ4v) is 3.49. The Hall–Kier alpha value is -1.10. The second-order valence-corrected chi connectivity index (χ2v) is 7.63. The molecule has 2 aliphatic heterocycles. The number of hydrogen-bond donors (Lipinski definition) is 1. The Balaban J connectivity index is 0.00000208. The monoisotopic (exact) mass is 352 g/mol. The number of morpholine rings is 1. The average molecular weight is 353 g/mol. The van der Waals surface area contributed by atoms with E-state index < -0.39 is 0 Å². The number of carbonyl (C=O) groups is 1. The van der Waals surface area contributed by atoms with Crippen molar-refractivity contribution >= 4 is 18.3 Å². The van der Waals surface area contributed by atoms with E-state index in [4.69, 9.17) is 4.74 Å². The Morgan fingerprint density at radius 1 is 1.25 bits per heavy atom. The molecule has 2 aliphatic rings. The molecular weight excluding hydrogens is 324 g/mol. The van der Waals surface area contributed by atoms with Gasteiger partial charge in [0.1, 0.15) is 6.10 Å². The molecule has 1 aromatic rings. The normalized spacial score (nSPS) is 24.5. The van der Waals surface area contributed by atoms with Gasteiger partial charge in [-0.25, -0.2) is 0 Å². The molecular formula is C19H29ClN2O2. The molecule has 0 spiro atoms. The number of ether oxygens (including phenoxy) is 1. The van der Waals surface area contributed by atoms with Crippen molar-refractivity contribution in [3.8, 4) is 0 Å². The molecule has 2 atom stereocenters. The van der Waals surface area contributed by atoms with Gasteiger partial charge in [-0.15, -0.1) is 12.4 Å². The van der Waals surface area contributed by atoms with Crippen molar-refractivity contribution in [3.63, 3.8) is 0 Å². The zero-order valence-electron chi connectivity index (χ0n) is 14.9. The number of amides is 1. The highest BCUT2D eigenvalue weighted by atomic mass is 35.5. The molecule has 134 valence electrons. The lowest BCUT2D eigenvalue weighted by molar-refractivity contribution is -0.146. The third-order valence-corrected chi connectivity index (χ3v) is 4.90. The van der Waals surface area contributed by atoms with Crippen LogP contribution in [0.3, 0.4) is 0 Å². The summed E-state index contributed by atoms with van der Waals surface area (Å²) in [5.41, 5.74) is 2.73. The minimum absolute atomic E-state index is 0. The lowest BCUT2D eigenvalue weighted by Crippen LogP contribution is -2.49. The van der Waals surface area contributed by atoms with Crippen LogP contribution in [0.15, 0.2) is 24.3 Å². The highest BCUT2D eigenvalue weighted by Gasteiger charge is 2.35. The van der Waals surface area contributed by atoms with Gasteiger partial charge in [-0.1, -0.05) is 45.0 Å². The molecule has 0 aromatic heterocycles. The van der Waals surface area contributed by atoms with Gasteiger partial charge in [0, 0.05) is 19.6 Å². The second kappa shape index (κ2) is 7.85. The van der Waals surface area contributed by atoms with Crippen molar-refractivity contribution < 1.29 is 9.53 Å². The molecule has 0 saturated carbocycles. The maximum absolute atomic E-state index is 12.8. The van der Waals surface area contributed by atoms with Crippen molar-refractivity contribution in [1.82, 2.24) is 10.2 Å². The van der Waals surface area contributed by atoms with Crippen LogP contribution >= 0.6 is 12.4 Å². The predicted octanol–water partition coefficient (Wildman–Crippen LogP) is 3.06. The van der Waals surface area contributed by atoms with E-state index in [-0.39, 0.29) is 35.9 Å². The number of rotatable bonds is 2. The molecule has 2 fully saturated rings. The van der Waals surface area contributed by atoms with Gasteiger partial charge in [-0.05, 0) is 29.4 Å². The van der Waals surface area contributed by atoms with E-state index in [0.717, 1.165) is 25.9 Å². The van der Waals surface area contributed by atoms with Crippen LogP contribution in [0.5, 0.6) is 0 Å². The van der Waals surface area contributed by atoms with Crippen LogP contribution in [-0.2, 0) is 14.9 Å². The van der Waals surface area contributed by atoms with Gasteiger partial charge in [0.05, 0.1) is 12.6 Å². The predicted molar refractivity (Wildman–Crippen MR) is 98.7 cm³/mol. The minimum atomic E-state index is -0.321. The zero-order valence-corrected chi connectivity index (χ0v) is 15.7. The van der Waals surface area contributed by atoms with Crippen LogP contribution < -0.4 is 5.32 Å². The maximum atomic E-state index is 12.8. The standard InChI is InChI=1S/C19H28N2O2.ClH/c1-19(2,3)15-8-6-14(7-9-15)16-5-4-11-21(16)18(22)17-13-20-10-12-23-17;/h6-9,16-17,20H,4-5,10-13H2,1-3H3;1H. The number of nitrogens with one attached hydrogen (secondary N) is 1. The molecule has 0 aliphatic carbocycles. The van der Waals surface area contributed by atoms with Crippen molar-refractivity contribution in [1.29, 1.82) is 0 Å². The van der Waals surface area contributed by atoms with E-state index in [9.17, 15) is 4.79 Å². The Morgan fingerprint density at radius 3 is 2.54 bits per heavy atom. The molecule has 1 N–H and O–H groups in total. The lowest BCUT2D eigenvalue weighted by Gasteiger charge is -2.31. The molecule has 0 radical (unpaired) electrons. The first kappa shape index (κ1) is 19.2. The van der Waals surface area contributed by atoms with Gasteiger partial charge in [0.15, 0.2) is 0 Å². The third kappa shape index (κ3) is 4.11. The fraction of sp³-hybridized carbons (Fsp3) is 0.632. The number of carbonyl (C=O) groups excluding carboxylic acids is 1. The maximum Gasteiger partial charge on any atom is 0.253 e. The summed E-state index contributed by atoms with van der Waals surface area (Å²) in [6.07, 6.45) is 1.79. The summed E-state index contributed by atoms with van der Waals surface area (Å²) in [4.78, 5) is 14.8. The molecule has 2 heterocycles. The van der Waals surface area contributed by atoms with Crippen LogP contribution in [0.4, 0.5) is 0 Å². The summed E-state index contributed by atoms with van der Waals surface area (Å²) in [6.45, 7) is 9.59. The van der Waals surface area contributed by atoms with Gasteiger partial charge < -0.3 is 15.0 Å². The first-order valence-electron chi connectivity index (χ1n) is 8.70. The topological polar surface area (TPSA) is 41.6 Å². The van der Waals surface area contributed by atoms with Crippen molar-refractivity contribution in [2.75, 3.05) is 26.2 Å². The number of halogens is 1. The molecule has 2 unspecified atom stereocenters. The van der Waals surface area contributed by atoms with Crippen molar-refractivity contribution in [2.24, 2.45) is 0 Å². The average Bonchev–Trinajstić information content (AvgIpc) is 3.04. The lowest BCUT2D eigenvalue weighted by atomic mass is 9.86. The molecule has 1 aromatic carbocycles. The molecule has 2 saturated heterocycles. The highest BCUT2D eigenvalue weighted by molar-refractivity contribution is 5.85. The number of benzene rings is 1. The van der Waals surface area contributed by atoms with E-state index in [1.807, 2.05) is 4.90 Å². The first-order valence-corrected chi connectivity index (χ1v) is 8.70. The van der Waals surface area contributed by atoms with Gasteiger partial charge in [0.25, 0.3) is 5.91 Å². The highest BCUT2D eigenvalue weighted by Crippen LogP contribution is 2.34. The van der Waals surface area contributed by atoms with Gasteiger partial charge in [-0.3, -0.25) is 4.79 Å². The van der Waals surface area contributed by atoms with Gasteiger partial charge in [-0.2, -0.15) is 0 Å². The second-order valence-electron chi connectivity index (χ2n) is 7.63. The molecule has 24 heavy (non-hydrogen) atoms. The quantitative estimate of drug-likeness (QED) is 0.889. The van der Waals surface area contributed by atoms with Crippen LogP contribution in [0, 0.1) is 0 Å². The number of nitrogens with zero attached hydrogens (tertiary/aromatic N) is 1. The Bertz CT molecular complexity index is 547. The summed E-state index contributed by atoms with van der Waals surface area (Å²) in [5.74, 6) is 0.139. The fourth-order valence-electron chi connectivity index (χ4n) is 3.49. The Morgan fingerprint density at radius 2 is 1.96 bits per heavy atom. The van der Waals surface area contributed by atoms with Crippen LogP contribution in [0.25, 0.3) is 0 Å². The summed E-state index contributed by atoms with van der Waals surface area (Å²) >= 11 is 0. The molecule has 5 heteroatoms. The molecule has 1 amide bonds. The first-order chi connectivity index (χ1) is 11.0. The summed E-state index contributed by atoms with van der Waals surface area (Å²) in [5, 5.41) is 3.25. The SMILES string of the molecule is CC(C)(C)c1ccc(C2CCCN2C(=O)C2CNCCO2)cc1.Cl. The number of hydrogen-bond acceptors (Lipinski definition) is 3. The third-order valence-electron chi connectivity index (χ3n) is 4.90. The minimum Gasteiger partial charge on any atom is -0.366 e. The van der Waals surface area contributed by atoms with E-state index >= 15 is 0 Å². The van der Waals surface area contributed by atoms with Crippen LogP contribution in [-0.4, -0.2) is 43.2 Å². The number of likely N-dealkylation sites (tertiary alicyclic amines) is 1. The Labute approximate surface area is 151 Å². The van der Waals surface area contributed by atoms with E-state index in [2.05, 4.69) is 50.4 Å².